The summed E-state index contributed by atoms with van der Waals surface area (Å²) in [6.07, 6.45) is 0. The van der Waals surface area contributed by atoms with Crippen molar-refractivity contribution < 1.29 is 17.6 Å². The third-order valence-corrected chi connectivity index (χ3v) is 3.67. The van der Waals surface area contributed by atoms with Crippen LogP contribution in [0.25, 0.3) is 0 Å². The molecule has 0 aromatic heterocycles. The van der Waals surface area contributed by atoms with Crippen molar-refractivity contribution in [2.24, 2.45) is 0 Å². The second kappa shape index (κ2) is 5.13. The fourth-order valence-electron chi connectivity index (χ4n) is 0.937. The van der Waals surface area contributed by atoms with Crippen LogP contribution in [0, 0.1) is 5.82 Å². The number of hydrogen-bond donors (Lipinski definition) is 2. The van der Waals surface area contributed by atoms with E-state index in [1.54, 1.807) is 0 Å². The molecular formula is C10H13FN2O3S. The Morgan fingerprint density at radius 1 is 1.24 bits per heavy atom. The maximum atomic E-state index is 12.6. The van der Waals surface area contributed by atoms with Gasteiger partial charge in [0.1, 0.15) is 5.82 Å². The topological polar surface area (TPSA) is 75.3 Å². The van der Waals surface area contributed by atoms with Gasteiger partial charge in [0.05, 0.1) is 5.25 Å². The highest BCUT2D eigenvalue weighted by Crippen LogP contribution is 2.08. The summed E-state index contributed by atoms with van der Waals surface area (Å²) in [6.45, 7) is 2.90. The number of carbonyl (C=O) groups is 1. The quantitative estimate of drug-likeness (QED) is 0.868. The fourth-order valence-corrected chi connectivity index (χ4v) is 1.48. The first-order valence-corrected chi connectivity index (χ1v) is 6.44. The van der Waals surface area contributed by atoms with Crippen LogP contribution < -0.4 is 10.0 Å². The Balaban J connectivity index is 2.65. The largest absolute Gasteiger partial charge is 0.332 e. The lowest BCUT2D eigenvalue weighted by atomic mass is 10.3. The molecule has 0 aliphatic rings. The summed E-state index contributed by atoms with van der Waals surface area (Å²) in [7, 11) is -3.66. The van der Waals surface area contributed by atoms with Crippen molar-refractivity contribution in [1.29, 1.82) is 0 Å². The van der Waals surface area contributed by atoms with Gasteiger partial charge in [-0.05, 0) is 38.1 Å². The lowest BCUT2D eigenvalue weighted by Gasteiger charge is -2.10. The van der Waals surface area contributed by atoms with Gasteiger partial charge in [-0.1, -0.05) is 0 Å². The number of carbonyl (C=O) groups excluding carboxylic acids is 1. The van der Waals surface area contributed by atoms with E-state index in [4.69, 9.17) is 0 Å². The van der Waals surface area contributed by atoms with E-state index in [-0.39, 0.29) is 0 Å². The summed E-state index contributed by atoms with van der Waals surface area (Å²) >= 11 is 0. The van der Waals surface area contributed by atoms with Gasteiger partial charge in [0, 0.05) is 5.69 Å². The van der Waals surface area contributed by atoms with Crippen LogP contribution in [0.5, 0.6) is 0 Å². The van der Waals surface area contributed by atoms with E-state index in [2.05, 4.69) is 5.32 Å². The zero-order chi connectivity index (χ0) is 13.1. The molecule has 0 aliphatic heterocycles. The van der Waals surface area contributed by atoms with Crippen molar-refractivity contribution in [1.82, 2.24) is 4.72 Å². The summed E-state index contributed by atoms with van der Waals surface area (Å²) in [5.41, 5.74) is 0.308. The molecule has 0 saturated carbocycles. The molecule has 0 aliphatic carbocycles. The monoisotopic (exact) mass is 260 g/mol. The predicted molar refractivity (Wildman–Crippen MR) is 62.6 cm³/mol. The van der Waals surface area contributed by atoms with Crippen LogP contribution in [0.1, 0.15) is 13.8 Å². The minimum Gasteiger partial charge on any atom is -0.307 e. The van der Waals surface area contributed by atoms with Gasteiger partial charge in [-0.25, -0.2) is 22.3 Å². The zero-order valence-electron chi connectivity index (χ0n) is 9.40. The lowest BCUT2D eigenvalue weighted by molar-refractivity contribution is 0.256. The molecule has 0 spiro atoms. The first kappa shape index (κ1) is 13.4. The first-order chi connectivity index (χ1) is 7.81. The molecule has 2 amide bonds. The van der Waals surface area contributed by atoms with Crippen molar-refractivity contribution in [2.45, 2.75) is 19.1 Å². The number of urea groups is 1. The summed E-state index contributed by atoms with van der Waals surface area (Å²) < 4.78 is 37.1. The third kappa shape index (κ3) is 4.03. The number of hydrogen-bond acceptors (Lipinski definition) is 3. The summed E-state index contributed by atoms with van der Waals surface area (Å²) in [5.74, 6) is -0.439. The zero-order valence-corrected chi connectivity index (χ0v) is 10.2. The van der Waals surface area contributed by atoms with E-state index >= 15 is 0 Å². The number of anilines is 1. The third-order valence-electron chi connectivity index (χ3n) is 1.96. The Morgan fingerprint density at radius 2 is 1.76 bits per heavy atom. The fraction of sp³-hybridized carbons (Fsp3) is 0.300. The van der Waals surface area contributed by atoms with E-state index in [1.807, 2.05) is 4.72 Å². The molecule has 0 atom stereocenters. The molecule has 0 unspecified atom stereocenters. The van der Waals surface area contributed by atoms with E-state index in [0.29, 0.717) is 5.69 Å². The van der Waals surface area contributed by atoms with Crippen LogP contribution >= 0.6 is 0 Å². The van der Waals surface area contributed by atoms with Gasteiger partial charge in [0.25, 0.3) is 0 Å². The van der Waals surface area contributed by atoms with Crippen molar-refractivity contribution in [3.63, 3.8) is 0 Å². The molecule has 1 rings (SSSR count). The molecule has 0 fully saturated rings. The molecular weight excluding hydrogens is 247 g/mol. The maximum absolute atomic E-state index is 12.6. The lowest BCUT2D eigenvalue weighted by Crippen LogP contribution is -2.38. The molecule has 0 heterocycles. The van der Waals surface area contributed by atoms with Crippen LogP contribution in [0.15, 0.2) is 24.3 Å². The van der Waals surface area contributed by atoms with Crippen molar-refractivity contribution in [3.8, 4) is 0 Å². The minimum atomic E-state index is -3.66. The molecule has 1 aromatic rings. The van der Waals surface area contributed by atoms with Gasteiger partial charge in [0.2, 0.25) is 10.0 Å². The summed E-state index contributed by atoms with van der Waals surface area (Å²) in [6, 6.07) is 4.11. The average Bonchev–Trinajstić information content (AvgIpc) is 2.20. The summed E-state index contributed by atoms with van der Waals surface area (Å²) in [5, 5.41) is 1.58. The number of nitrogens with one attached hydrogen (secondary N) is 2. The van der Waals surface area contributed by atoms with Gasteiger partial charge in [-0.3, -0.25) is 0 Å². The molecule has 7 heteroatoms. The molecule has 0 radical (unpaired) electrons. The number of halogens is 1. The van der Waals surface area contributed by atoms with Crippen LogP contribution in [0.4, 0.5) is 14.9 Å². The number of sulfonamides is 1. The highest BCUT2D eigenvalue weighted by molar-refractivity contribution is 7.90. The van der Waals surface area contributed by atoms with Gasteiger partial charge in [-0.2, -0.15) is 0 Å². The Kier molecular flexibility index (Phi) is 4.06. The average molecular weight is 260 g/mol. The van der Waals surface area contributed by atoms with Gasteiger partial charge < -0.3 is 5.32 Å². The smallest absolute Gasteiger partial charge is 0.307 e. The van der Waals surface area contributed by atoms with Crippen molar-refractivity contribution in [3.05, 3.63) is 30.1 Å². The van der Waals surface area contributed by atoms with Gasteiger partial charge in [0.15, 0.2) is 0 Å². The number of benzene rings is 1. The Labute approximate surface area is 99.1 Å². The van der Waals surface area contributed by atoms with Crippen LogP contribution in [0.3, 0.4) is 0 Å². The molecule has 0 saturated heterocycles. The van der Waals surface area contributed by atoms with E-state index in [1.165, 1.54) is 26.0 Å². The van der Waals surface area contributed by atoms with Crippen LogP contribution in [-0.4, -0.2) is 19.7 Å². The standard InChI is InChI=1S/C10H13FN2O3S/c1-7(2)17(15,16)13-10(14)12-9-5-3-8(11)4-6-9/h3-7H,1-2H3,(H2,12,13,14). The van der Waals surface area contributed by atoms with Crippen LogP contribution in [0.2, 0.25) is 0 Å². The van der Waals surface area contributed by atoms with E-state index < -0.39 is 27.1 Å². The maximum Gasteiger partial charge on any atom is 0.332 e. The SMILES string of the molecule is CC(C)S(=O)(=O)NC(=O)Nc1ccc(F)cc1. The predicted octanol–water partition coefficient (Wildman–Crippen LogP) is 1.69. The van der Waals surface area contributed by atoms with Crippen molar-refractivity contribution >= 4 is 21.7 Å². The Hall–Kier alpha value is -1.63. The number of amides is 2. The van der Waals surface area contributed by atoms with E-state index in [9.17, 15) is 17.6 Å². The van der Waals surface area contributed by atoms with Gasteiger partial charge >= 0.3 is 6.03 Å². The molecule has 1 aromatic carbocycles. The van der Waals surface area contributed by atoms with Gasteiger partial charge in [-0.15, -0.1) is 0 Å². The second-order valence-electron chi connectivity index (χ2n) is 3.66. The number of rotatable bonds is 3. The molecule has 0 bridgehead atoms. The Bertz CT molecular complexity index is 497. The molecule has 5 nitrogen and oxygen atoms in total. The first-order valence-electron chi connectivity index (χ1n) is 4.89. The van der Waals surface area contributed by atoms with E-state index in [0.717, 1.165) is 12.1 Å². The summed E-state index contributed by atoms with van der Waals surface area (Å²) in [4.78, 5) is 11.3. The van der Waals surface area contributed by atoms with Crippen LogP contribution in [-0.2, 0) is 10.0 Å². The minimum absolute atomic E-state index is 0.308. The highest BCUT2D eigenvalue weighted by atomic mass is 32.2. The van der Waals surface area contributed by atoms with Crippen molar-refractivity contribution in [2.75, 3.05) is 5.32 Å². The normalized spacial score (nSPS) is 11.3. The Morgan fingerprint density at radius 3 is 2.24 bits per heavy atom. The second-order valence-corrected chi connectivity index (χ2v) is 5.89. The highest BCUT2D eigenvalue weighted by Gasteiger charge is 2.18. The molecule has 2 N–H and O–H groups in total. The molecule has 17 heavy (non-hydrogen) atoms. The molecule has 94 valence electrons.